The predicted molar refractivity (Wildman–Crippen MR) is 140 cm³/mol. The summed E-state index contributed by atoms with van der Waals surface area (Å²) in [6.07, 6.45) is 0.464. The maximum atomic E-state index is 13.5. The normalized spacial score (nSPS) is 11.6. The number of aryl methyl sites for hydroxylation is 1. The minimum atomic E-state index is -0.590. The lowest BCUT2D eigenvalue weighted by Crippen LogP contribution is -2.50. The summed E-state index contributed by atoms with van der Waals surface area (Å²) in [7, 11) is 1.62. The Labute approximate surface area is 208 Å². The van der Waals surface area contributed by atoms with E-state index in [0.717, 1.165) is 21.4 Å². The van der Waals surface area contributed by atoms with Gasteiger partial charge in [-0.25, -0.2) is 0 Å². The fraction of sp³-hybridized carbons (Fsp3) is 0.259. The van der Waals surface area contributed by atoms with Crippen LogP contribution < -0.4 is 5.32 Å². The van der Waals surface area contributed by atoms with Gasteiger partial charge in [0.2, 0.25) is 11.8 Å². The highest BCUT2D eigenvalue weighted by Crippen LogP contribution is 2.20. The number of amides is 2. The number of likely N-dealkylation sites (N-methyl/N-ethyl adjacent to an activating group) is 1. The van der Waals surface area contributed by atoms with Crippen LogP contribution in [-0.2, 0) is 28.3 Å². The van der Waals surface area contributed by atoms with Crippen molar-refractivity contribution in [3.05, 3.63) is 106 Å². The molecule has 0 heterocycles. The Hall–Kier alpha value is -2.57. The molecule has 3 rings (SSSR count). The molecule has 2 amide bonds. The summed E-state index contributed by atoms with van der Waals surface area (Å²) < 4.78 is 0.977. The number of halogens is 1. The summed E-state index contributed by atoms with van der Waals surface area (Å²) in [6, 6.07) is 25.3. The zero-order valence-corrected chi connectivity index (χ0v) is 21.4. The number of rotatable bonds is 10. The summed E-state index contributed by atoms with van der Waals surface area (Å²) in [5, 5.41) is 2.76. The third kappa shape index (κ3) is 7.47. The molecule has 33 heavy (non-hydrogen) atoms. The first kappa shape index (κ1) is 25.1. The zero-order valence-electron chi connectivity index (χ0n) is 19.0. The first-order valence-corrected chi connectivity index (χ1v) is 12.8. The van der Waals surface area contributed by atoms with Gasteiger partial charge in [-0.2, -0.15) is 0 Å². The van der Waals surface area contributed by atoms with Gasteiger partial charge in [0.1, 0.15) is 6.04 Å². The van der Waals surface area contributed by atoms with E-state index in [4.69, 9.17) is 0 Å². The predicted octanol–water partition coefficient (Wildman–Crippen LogP) is 5.38. The summed E-state index contributed by atoms with van der Waals surface area (Å²) in [5.41, 5.74) is 4.45. The molecule has 0 bridgehead atoms. The molecular formula is C27H29BrN2O2S. The van der Waals surface area contributed by atoms with Crippen LogP contribution >= 0.6 is 27.7 Å². The van der Waals surface area contributed by atoms with E-state index in [1.54, 1.807) is 23.7 Å². The number of thioether (sulfide) groups is 1. The molecule has 0 saturated heterocycles. The molecule has 0 spiro atoms. The molecule has 0 saturated carbocycles. The van der Waals surface area contributed by atoms with Crippen molar-refractivity contribution in [3.8, 4) is 0 Å². The van der Waals surface area contributed by atoms with Crippen LogP contribution in [0.1, 0.15) is 22.3 Å². The van der Waals surface area contributed by atoms with Crippen molar-refractivity contribution in [3.63, 3.8) is 0 Å². The van der Waals surface area contributed by atoms with Crippen LogP contribution in [0.3, 0.4) is 0 Å². The minimum Gasteiger partial charge on any atom is -0.357 e. The molecule has 172 valence electrons. The average molecular weight is 526 g/mol. The molecule has 0 aliphatic rings. The standard InChI is InChI=1S/C27H29BrN2O2S/c1-20-8-6-7-11-23(20)18-33-19-26(31)30(17-22-12-14-24(28)15-13-22)25(27(32)29-2)16-21-9-4-3-5-10-21/h3-15,25H,16-19H2,1-2H3,(H,29,32). The first-order valence-electron chi connectivity index (χ1n) is 10.9. The summed E-state index contributed by atoms with van der Waals surface area (Å²) >= 11 is 5.04. The first-order chi connectivity index (χ1) is 16.0. The number of benzene rings is 3. The lowest BCUT2D eigenvalue weighted by molar-refractivity contribution is -0.139. The van der Waals surface area contributed by atoms with E-state index in [1.807, 2.05) is 66.7 Å². The molecule has 1 atom stereocenters. The van der Waals surface area contributed by atoms with Gasteiger partial charge >= 0.3 is 0 Å². The molecule has 0 radical (unpaired) electrons. The lowest BCUT2D eigenvalue weighted by atomic mass is 10.0. The molecule has 0 aliphatic heterocycles. The Kier molecular flexibility index (Phi) is 9.58. The number of carbonyl (C=O) groups is 2. The van der Waals surface area contributed by atoms with Crippen molar-refractivity contribution in [2.45, 2.75) is 31.7 Å². The third-order valence-corrected chi connectivity index (χ3v) is 7.02. The number of nitrogens with zero attached hydrogens (tertiary/aromatic N) is 1. The monoisotopic (exact) mass is 524 g/mol. The fourth-order valence-electron chi connectivity index (χ4n) is 3.61. The highest BCUT2D eigenvalue weighted by atomic mass is 79.9. The molecule has 0 fully saturated rings. The van der Waals surface area contributed by atoms with Crippen LogP contribution in [0.15, 0.2) is 83.3 Å². The van der Waals surface area contributed by atoms with E-state index < -0.39 is 6.04 Å². The van der Waals surface area contributed by atoms with Crippen molar-refractivity contribution in [1.29, 1.82) is 0 Å². The minimum absolute atomic E-state index is 0.0407. The van der Waals surface area contributed by atoms with Crippen molar-refractivity contribution in [2.75, 3.05) is 12.8 Å². The SMILES string of the molecule is CNC(=O)C(Cc1ccccc1)N(Cc1ccc(Br)cc1)C(=O)CSCc1ccccc1C. The topological polar surface area (TPSA) is 49.4 Å². The largest absolute Gasteiger partial charge is 0.357 e. The van der Waals surface area contributed by atoms with Crippen LogP contribution in [0.2, 0.25) is 0 Å². The Bertz CT molecular complexity index is 1060. The van der Waals surface area contributed by atoms with Crippen LogP contribution in [0.4, 0.5) is 0 Å². The van der Waals surface area contributed by atoms with Crippen LogP contribution in [0.5, 0.6) is 0 Å². The quantitative estimate of drug-likeness (QED) is 0.387. The fourth-order valence-corrected chi connectivity index (χ4v) is 4.86. The zero-order chi connectivity index (χ0) is 23.6. The number of hydrogen-bond donors (Lipinski definition) is 1. The highest BCUT2D eigenvalue weighted by Gasteiger charge is 2.29. The van der Waals surface area contributed by atoms with Gasteiger partial charge in [-0.05, 0) is 41.3 Å². The lowest BCUT2D eigenvalue weighted by Gasteiger charge is -2.31. The van der Waals surface area contributed by atoms with E-state index in [1.165, 1.54) is 11.1 Å². The third-order valence-electron chi connectivity index (χ3n) is 5.53. The maximum absolute atomic E-state index is 13.5. The Morgan fingerprint density at radius 2 is 1.61 bits per heavy atom. The molecule has 0 aromatic heterocycles. The molecule has 1 N–H and O–H groups in total. The second-order valence-corrected chi connectivity index (χ2v) is 9.79. The summed E-state index contributed by atoms with van der Waals surface area (Å²) in [6.45, 7) is 2.46. The van der Waals surface area contributed by atoms with E-state index >= 15 is 0 Å². The average Bonchev–Trinajstić information content (AvgIpc) is 2.83. The van der Waals surface area contributed by atoms with E-state index in [2.05, 4.69) is 40.3 Å². The number of hydrogen-bond acceptors (Lipinski definition) is 3. The molecule has 6 heteroatoms. The highest BCUT2D eigenvalue weighted by molar-refractivity contribution is 9.10. The Morgan fingerprint density at radius 1 is 0.939 bits per heavy atom. The Morgan fingerprint density at radius 3 is 2.27 bits per heavy atom. The van der Waals surface area contributed by atoms with E-state index in [0.29, 0.717) is 18.7 Å². The Balaban J connectivity index is 1.80. The van der Waals surface area contributed by atoms with Crippen molar-refractivity contribution in [2.24, 2.45) is 0 Å². The second-order valence-electron chi connectivity index (χ2n) is 7.89. The molecule has 3 aromatic carbocycles. The molecule has 3 aromatic rings. The van der Waals surface area contributed by atoms with Gasteiger partial charge < -0.3 is 10.2 Å². The summed E-state index contributed by atoms with van der Waals surface area (Å²) in [5.74, 6) is 0.871. The molecule has 0 aliphatic carbocycles. The molecule has 4 nitrogen and oxygen atoms in total. The van der Waals surface area contributed by atoms with Gasteiger partial charge in [-0.3, -0.25) is 9.59 Å². The van der Waals surface area contributed by atoms with Crippen molar-refractivity contribution >= 4 is 39.5 Å². The molecular weight excluding hydrogens is 496 g/mol. The van der Waals surface area contributed by atoms with E-state index in [9.17, 15) is 9.59 Å². The second kappa shape index (κ2) is 12.6. The maximum Gasteiger partial charge on any atom is 0.242 e. The van der Waals surface area contributed by atoms with Gasteiger partial charge in [-0.15, -0.1) is 11.8 Å². The summed E-state index contributed by atoms with van der Waals surface area (Å²) in [4.78, 5) is 28.1. The number of nitrogens with one attached hydrogen (secondary N) is 1. The van der Waals surface area contributed by atoms with Crippen LogP contribution in [0.25, 0.3) is 0 Å². The van der Waals surface area contributed by atoms with Gasteiger partial charge in [-0.1, -0.05) is 82.7 Å². The van der Waals surface area contributed by atoms with Crippen LogP contribution in [-0.4, -0.2) is 35.6 Å². The van der Waals surface area contributed by atoms with Gasteiger partial charge in [0.15, 0.2) is 0 Å². The van der Waals surface area contributed by atoms with E-state index in [-0.39, 0.29) is 11.8 Å². The smallest absolute Gasteiger partial charge is 0.242 e. The van der Waals surface area contributed by atoms with Crippen molar-refractivity contribution < 1.29 is 9.59 Å². The number of carbonyl (C=O) groups excluding carboxylic acids is 2. The van der Waals surface area contributed by atoms with Gasteiger partial charge in [0.05, 0.1) is 5.75 Å². The van der Waals surface area contributed by atoms with Gasteiger partial charge in [0.25, 0.3) is 0 Å². The molecule has 1 unspecified atom stereocenters. The van der Waals surface area contributed by atoms with Crippen molar-refractivity contribution in [1.82, 2.24) is 10.2 Å². The van der Waals surface area contributed by atoms with Crippen LogP contribution in [0, 0.1) is 6.92 Å². The van der Waals surface area contributed by atoms with Gasteiger partial charge in [0, 0.05) is 30.2 Å².